The number of amides is 2. The first-order valence-corrected chi connectivity index (χ1v) is 7.02. The molecule has 3 rings (SSSR count). The molecular formula is C17H16N2O3. The van der Waals surface area contributed by atoms with Gasteiger partial charge in [0.2, 0.25) is 0 Å². The van der Waals surface area contributed by atoms with Crippen molar-refractivity contribution < 1.29 is 14.3 Å². The van der Waals surface area contributed by atoms with Gasteiger partial charge in [0.25, 0.3) is 11.8 Å². The van der Waals surface area contributed by atoms with Crippen molar-refractivity contribution in [2.45, 2.75) is 13.5 Å². The van der Waals surface area contributed by atoms with Crippen molar-refractivity contribution in [2.24, 2.45) is 0 Å². The van der Waals surface area contributed by atoms with Gasteiger partial charge < -0.3 is 15.4 Å². The maximum atomic E-state index is 12.1. The minimum absolute atomic E-state index is 0.0381. The molecule has 0 aliphatic carbocycles. The summed E-state index contributed by atoms with van der Waals surface area (Å²) in [5.41, 5.74) is 3.21. The molecule has 0 spiro atoms. The van der Waals surface area contributed by atoms with Crippen molar-refractivity contribution in [3.05, 3.63) is 59.2 Å². The van der Waals surface area contributed by atoms with Crippen LogP contribution in [0.2, 0.25) is 0 Å². The summed E-state index contributed by atoms with van der Waals surface area (Å²) in [5.74, 6) is 0.350. The van der Waals surface area contributed by atoms with E-state index in [0.717, 1.165) is 11.1 Å². The lowest BCUT2D eigenvalue weighted by Crippen LogP contribution is -2.26. The van der Waals surface area contributed by atoms with E-state index < -0.39 is 0 Å². The molecule has 0 unspecified atom stereocenters. The van der Waals surface area contributed by atoms with E-state index in [1.165, 1.54) is 0 Å². The number of fused-ring (bicyclic) bond motifs is 1. The number of hydrogen-bond acceptors (Lipinski definition) is 3. The quantitative estimate of drug-likeness (QED) is 0.913. The van der Waals surface area contributed by atoms with Crippen LogP contribution >= 0.6 is 0 Å². The molecule has 1 aliphatic rings. The van der Waals surface area contributed by atoms with E-state index in [1.807, 2.05) is 37.3 Å². The lowest BCUT2D eigenvalue weighted by Gasteiger charge is -2.18. The summed E-state index contributed by atoms with van der Waals surface area (Å²) in [5, 5.41) is 5.62. The molecule has 2 amide bonds. The van der Waals surface area contributed by atoms with Gasteiger partial charge in [0.1, 0.15) is 5.75 Å². The first-order chi connectivity index (χ1) is 10.6. The fourth-order valence-electron chi connectivity index (χ4n) is 2.31. The van der Waals surface area contributed by atoms with E-state index in [-0.39, 0.29) is 18.4 Å². The Morgan fingerprint density at radius 2 is 2.14 bits per heavy atom. The molecule has 0 saturated heterocycles. The third-order valence-corrected chi connectivity index (χ3v) is 3.41. The second-order valence-corrected chi connectivity index (χ2v) is 5.22. The Hall–Kier alpha value is -2.82. The Morgan fingerprint density at radius 3 is 2.95 bits per heavy atom. The van der Waals surface area contributed by atoms with Gasteiger partial charge in [-0.3, -0.25) is 9.59 Å². The maximum Gasteiger partial charge on any atom is 0.262 e. The van der Waals surface area contributed by atoms with Crippen LogP contribution in [0.1, 0.15) is 21.5 Å². The minimum atomic E-state index is -0.173. The molecule has 22 heavy (non-hydrogen) atoms. The van der Waals surface area contributed by atoms with E-state index in [0.29, 0.717) is 23.5 Å². The molecule has 5 nitrogen and oxygen atoms in total. The zero-order chi connectivity index (χ0) is 15.5. The number of hydrogen-bond donors (Lipinski definition) is 2. The molecule has 1 heterocycles. The summed E-state index contributed by atoms with van der Waals surface area (Å²) in [7, 11) is 0. The van der Waals surface area contributed by atoms with Gasteiger partial charge in [-0.25, -0.2) is 0 Å². The van der Waals surface area contributed by atoms with Crippen LogP contribution in [-0.2, 0) is 11.3 Å². The summed E-state index contributed by atoms with van der Waals surface area (Å²) in [6, 6.07) is 12.9. The zero-order valence-corrected chi connectivity index (χ0v) is 12.2. The number of ether oxygens (including phenoxy) is 1. The smallest absolute Gasteiger partial charge is 0.262 e. The number of aryl methyl sites for hydroxylation is 1. The summed E-state index contributed by atoms with van der Waals surface area (Å²) < 4.78 is 5.30. The fraction of sp³-hybridized carbons (Fsp3) is 0.176. The van der Waals surface area contributed by atoms with E-state index >= 15 is 0 Å². The molecule has 0 saturated carbocycles. The zero-order valence-electron chi connectivity index (χ0n) is 12.2. The molecule has 5 heteroatoms. The van der Waals surface area contributed by atoms with E-state index in [9.17, 15) is 9.59 Å². The number of anilines is 1. The van der Waals surface area contributed by atoms with Gasteiger partial charge in [0, 0.05) is 12.1 Å². The number of carbonyl (C=O) groups excluding carboxylic acids is 2. The minimum Gasteiger partial charge on any atom is -0.482 e. The van der Waals surface area contributed by atoms with Crippen LogP contribution < -0.4 is 15.4 Å². The van der Waals surface area contributed by atoms with Crippen molar-refractivity contribution in [1.29, 1.82) is 0 Å². The normalized spacial score (nSPS) is 12.9. The average molecular weight is 296 g/mol. The van der Waals surface area contributed by atoms with Crippen LogP contribution in [0.3, 0.4) is 0 Å². The molecule has 0 radical (unpaired) electrons. The highest BCUT2D eigenvalue weighted by Crippen LogP contribution is 2.28. The highest BCUT2D eigenvalue weighted by atomic mass is 16.5. The average Bonchev–Trinajstić information content (AvgIpc) is 2.52. The van der Waals surface area contributed by atoms with Crippen LogP contribution in [0.25, 0.3) is 0 Å². The number of benzene rings is 2. The third-order valence-electron chi connectivity index (χ3n) is 3.41. The van der Waals surface area contributed by atoms with Crippen LogP contribution in [-0.4, -0.2) is 18.4 Å². The maximum absolute atomic E-state index is 12.1. The Morgan fingerprint density at radius 1 is 1.27 bits per heavy atom. The molecule has 2 aromatic rings. The fourth-order valence-corrected chi connectivity index (χ4v) is 2.31. The van der Waals surface area contributed by atoms with Gasteiger partial charge in [-0.2, -0.15) is 0 Å². The van der Waals surface area contributed by atoms with Gasteiger partial charge >= 0.3 is 0 Å². The predicted octanol–water partition coefficient (Wildman–Crippen LogP) is 2.26. The summed E-state index contributed by atoms with van der Waals surface area (Å²) in [6.07, 6.45) is 0. The molecule has 0 bridgehead atoms. The first-order valence-electron chi connectivity index (χ1n) is 7.02. The number of carbonyl (C=O) groups is 2. The number of nitrogens with one attached hydrogen (secondary N) is 2. The highest BCUT2D eigenvalue weighted by molar-refractivity contribution is 5.96. The monoisotopic (exact) mass is 296 g/mol. The summed E-state index contributed by atoms with van der Waals surface area (Å²) in [4.78, 5) is 23.4. The Balaban J connectivity index is 1.68. The predicted molar refractivity (Wildman–Crippen MR) is 82.9 cm³/mol. The lowest BCUT2D eigenvalue weighted by atomic mass is 10.1. The molecule has 0 fully saturated rings. The van der Waals surface area contributed by atoms with Crippen LogP contribution in [0, 0.1) is 6.92 Å². The molecule has 0 atom stereocenters. The van der Waals surface area contributed by atoms with Gasteiger partial charge in [-0.15, -0.1) is 0 Å². The van der Waals surface area contributed by atoms with Crippen LogP contribution in [0.4, 0.5) is 5.69 Å². The largest absolute Gasteiger partial charge is 0.482 e. The first kappa shape index (κ1) is 14.1. The van der Waals surface area contributed by atoms with E-state index in [4.69, 9.17) is 4.74 Å². The van der Waals surface area contributed by atoms with Crippen molar-refractivity contribution in [1.82, 2.24) is 5.32 Å². The molecule has 0 aromatic heterocycles. The highest BCUT2D eigenvalue weighted by Gasteiger charge is 2.16. The Kier molecular flexibility index (Phi) is 3.78. The molecule has 1 aliphatic heterocycles. The van der Waals surface area contributed by atoms with Crippen LogP contribution in [0.5, 0.6) is 5.75 Å². The Labute approximate surface area is 128 Å². The third kappa shape index (κ3) is 3.09. The van der Waals surface area contributed by atoms with Gasteiger partial charge in [0.15, 0.2) is 6.61 Å². The van der Waals surface area contributed by atoms with E-state index in [2.05, 4.69) is 10.6 Å². The Bertz CT molecular complexity index is 740. The second-order valence-electron chi connectivity index (χ2n) is 5.22. The second kappa shape index (κ2) is 5.89. The van der Waals surface area contributed by atoms with Crippen molar-refractivity contribution in [3.63, 3.8) is 0 Å². The summed E-state index contributed by atoms with van der Waals surface area (Å²) >= 11 is 0. The molecule has 2 N–H and O–H groups in total. The van der Waals surface area contributed by atoms with Crippen molar-refractivity contribution >= 4 is 17.5 Å². The van der Waals surface area contributed by atoms with Gasteiger partial charge in [-0.05, 0) is 36.8 Å². The number of rotatable bonds is 3. The topological polar surface area (TPSA) is 67.4 Å². The van der Waals surface area contributed by atoms with Crippen LogP contribution in [0.15, 0.2) is 42.5 Å². The van der Waals surface area contributed by atoms with E-state index in [1.54, 1.807) is 12.1 Å². The molecule has 2 aromatic carbocycles. The van der Waals surface area contributed by atoms with Crippen molar-refractivity contribution in [2.75, 3.05) is 11.9 Å². The standard InChI is InChI=1S/C17H16N2O3/c1-11-3-2-4-13(7-11)17(21)18-9-12-5-6-15-14(8-12)19-16(20)10-22-15/h2-8H,9-10H2,1H3,(H,18,21)(H,19,20). The SMILES string of the molecule is Cc1cccc(C(=O)NCc2ccc3c(c2)NC(=O)CO3)c1. The van der Waals surface area contributed by atoms with Gasteiger partial charge in [0.05, 0.1) is 5.69 Å². The molecule has 112 valence electrons. The van der Waals surface area contributed by atoms with Gasteiger partial charge in [-0.1, -0.05) is 23.8 Å². The van der Waals surface area contributed by atoms with Crippen molar-refractivity contribution in [3.8, 4) is 5.75 Å². The lowest BCUT2D eigenvalue weighted by molar-refractivity contribution is -0.118. The molecular weight excluding hydrogens is 280 g/mol. The summed E-state index contributed by atoms with van der Waals surface area (Å²) in [6.45, 7) is 2.37.